The van der Waals surface area contributed by atoms with Crippen LogP contribution in [0.4, 0.5) is 5.82 Å². The van der Waals surface area contributed by atoms with Crippen molar-refractivity contribution >= 4 is 29.3 Å². The number of pyridine rings is 1. The Morgan fingerprint density at radius 3 is 2.58 bits per heavy atom. The average molecular weight is 277 g/mol. The van der Waals surface area contributed by atoms with Gasteiger partial charge in [-0.3, -0.25) is 4.79 Å². The Hall–Kier alpha value is -2.40. The maximum Gasteiger partial charge on any atom is 0.335 e. The van der Waals surface area contributed by atoms with Gasteiger partial charge in [-0.05, 0) is 30.3 Å². The van der Waals surface area contributed by atoms with Gasteiger partial charge < -0.3 is 10.4 Å². The average Bonchev–Trinajstić information content (AvgIpc) is 2.41. The summed E-state index contributed by atoms with van der Waals surface area (Å²) >= 11 is 5.87. The summed E-state index contributed by atoms with van der Waals surface area (Å²) in [6.07, 6.45) is 1.50. The van der Waals surface area contributed by atoms with Crippen molar-refractivity contribution in [1.82, 2.24) is 4.98 Å². The van der Waals surface area contributed by atoms with Crippen molar-refractivity contribution in [3.63, 3.8) is 0 Å². The highest BCUT2D eigenvalue weighted by molar-refractivity contribution is 6.33. The van der Waals surface area contributed by atoms with E-state index >= 15 is 0 Å². The van der Waals surface area contributed by atoms with Crippen LogP contribution in [0.3, 0.4) is 0 Å². The van der Waals surface area contributed by atoms with Crippen LogP contribution >= 0.6 is 11.6 Å². The number of aromatic carboxylic acids is 1. The van der Waals surface area contributed by atoms with Crippen LogP contribution in [0.2, 0.25) is 5.02 Å². The second kappa shape index (κ2) is 5.49. The van der Waals surface area contributed by atoms with E-state index in [1.54, 1.807) is 12.1 Å². The molecule has 0 fully saturated rings. The zero-order chi connectivity index (χ0) is 13.8. The highest BCUT2D eigenvalue weighted by Gasteiger charge is 2.11. The van der Waals surface area contributed by atoms with E-state index in [9.17, 15) is 9.59 Å². The molecule has 1 aromatic heterocycles. The quantitative estimate of drug-likeness (QED) is 0.903. The third kappa shape index (κ3) is 3.08. The lowest BCUT2D eigenvalue weighted by Crippen LogP contribution is -2.14. The first-order valence-corrected chi connectivity index (χ1v) is 5.71. The Bertz CT molecular complexity index is 643. The van der Waals surface area contributed by atoms with Gasteiger partial charge in [-0.15, -0.1) is 0 Å². The molecule has 0 unspecified atom stereocenters. The highest BCUT2D eigenvalue weighted by atomic mass is 35.5. The molecule has 1 aromatic carbocycles. The van der Waals surface area contributed by atoms with Crippen molar-refractivity contribution in [2.24, 2.45) is 0 Å². The van der Waals surface area contributed by atoms with Crippen molar-refractivity contribution in [1.29, 1.82) is 0 Å². The number of hydrogen-bond acceptors (Lipinski definition) is 3. The second-order valence-electron chi connectivity index (χ2n) is 3.67. The molecular weight excluding hydrogens is 268 g/mol. The van der Waals surface area contributed by atoms with Crippen LogP contribution in [0.5, 0.6) is 0 Å². The molecule has 5 nitrogen and oxygen atoms in total. The molecule has 2 aromatic rings. The third-order valence-corrected chi connectivity index (χ3v) is 2.67. The minimum Gasteiger partial charge on any atom is -0.478 e. The first kappa shape index (κ1) is 13.0. The number of aromatic nitrogens is 1. The fourth-order valence-electron chi connectivity index (χ4n) is 1.45. The second-order valence-corrected chi connectivity index (χ2v) is 4.08. The Balaban J connectivity index is 2.23. The maximum atomic E-state index is 11.9. The van der Waals surface area contributed by atoms with E-state index in [4.69, 9.17) is 16.7 Å². The van der Waals surface area contributed by atoms with Crippen molar-refractivity contribution in [3.05, 3.63) is 58.7 Å². The molecule has 0 aliphatic heterocycles. The van der Waals surface area contributed by atoms with Gasteiger partial charge in [0.1, 0.15) is 0 Å². The van der Waals surface area contributed by atoms with Crippen molar-refractivity contribution in [3.8, 4) is 0 Å². The molecule has 96 valence electrons. The number of nitrogens with one attached hydrogen (secondary N) is 1. The minimum absolute atomic E-state index is 0.0415. The molecule has 0 saturated heterocycles. The van der Waals surface area contributed by atoms with Gasteiger partial charge in [-0.1, -0.05) is 17.7 Å². The number of amides is 1. The number of hydrogen-bond donors (Lipinski definition) is 2. The molecule has 0 atom stereocenters. The zero-order valence-electron chi connectivity index (χ0n) is 9.63. The molecule has 19 heavy (non-hydrogen) atoms. The monoisotopic (exact) mass is 276 g/mol. The molecule has 1 amide bonds. The Morgan fingerprint density at radius 2 is 1.89 bits per heavy atom. The van der Waals surface area contributed by atoms with Crippen LogP contribution in [0.1, 0.15) is 20.7 Å². The summed E-state index contributed by atoms with van der Waals surface area (Å²) < 4.78 is 0. The molecule has 0 bridgehead atoms. The minimum atomic E-state index is -1.09. The molecule has 6 heteroatoms. The Morgan fingerprint density at radius 1 is 1.16 bits per heavy atom. The first-order chi connectivity index (χ1) is 9.08. The summed E-state index contributed by atoms with van der Waals surface area (Å²) in [5, 5.41) is 11.7. The predicted molar refractivity (Wildman–Crippen MR) is 70.6 cm³/mol. The van der Waals surface area contributed by atoms with Gasteiger partial charge in [0.15, 0.2) is 5.82 Å². The molecule has 0 radical (unpaired) electrons. The van der Waals surface area contributed by atoms with E-state index in [0.717, 1.165) is 0 Å². The number of carbonyl (C=O) groups is 2. The number of carboxylic acids is 1. The van der Waals surface area contributed by atoms with Crippen molar-refractivity contribution < 1.29 is 14.7 Å². The van der Waals surface area contributed by atoms with Gasteiger partial charge in [0.25, 0.3) is 5.91 Å². The lowest BCUT2D eigenvalue weighted by molar-refractivity contribution is 0.0697. The molecule has 1 heterocycles. The van der Waals surface area contributed by atoms with E-state index in [1.165, 1.54) is 30.5 Å². The van der Waals surface area contributed by atoms with Gasteiger partial charge in [-0.25, -0.2) is 9.78 Å². The summed E-state index contributed by atoms with van der Waals surface area (Å²) in [6, 6.07) is 8.94. The molecule has 2 rings (SSSR count). The number of anilines is 1. The van der Waals surface area contributed by atoms with Crippen molar-refractivity contribution in [2.45, 2.75) is 0 Å². The van der Waals surface area contributed by atoms with Gasteiger partial charge in [-0.2, -0.15) is 0 Å². The Kier molecular flexibility index (Phi) is 3.77. The number of halogens is 1. The number of carboxylic acid groups (broad SMARTS) is 1. The maximum absolute atomic E-state index is 11.9. The zero-order valence-corrected chi connectivity index (χ0v) is 10.4. The van der Waals surface area contributed by atoms with Gasteiger partial charge in [0.2, 0.25) is 0 Å². The molecule has 0 spiro atoms. The molecule has 0 saturated carbocycles. The normalized spacial score (nSPS) is 9.95. The van der Waals surface area contributed by atoms with Crippen LogP contribution in [0, 0.1) is 0 Å². The van der Waals surface area contributed by atoms with E-state index in [2.05, 4.69) is 10.3 Å². The molecular formula is C13H9ClN2O3. The fourth-order valence-corrected chi connectivity index (χ4v) is 1.62. The summed E-state index contributed by atoms with van der Waals surface area (Å²) in [5.41, 5.74) is 0.265. The molecule has 0 aliphatic rings. The number of rotatable bonds is 3. The smallest absolute Gasteiger partial charge is 0.335 e. The van der Waals surface area contributed by atoms with Crippen LogP contribution in [0.25, 0.3) is 0 Å². The largest absolute Gasteiger partial charge is 0.478 e. The van der Waals surface area contributed by atoms with Crippen molar-refractivity contribution in [2.75, 3.05) is 5.32 Å². The lowest BCUT2D eigenvalue weighted by atomic mass is 10.1. The number of nitrogens with zero attached hydrogens (tertiary/aromatic N) is 1. The summed E-state index contributed by atoms with van der Waals surface area (Å²) in [5.74, 6) is -1.33. The fraction of sp³-hybridized carbons (Fsp3) is 0. The van der Waals surface area contributed by atoms with E-state index in [1.807, 2.05) is 0 Å². The SMILES string of the molecule is O=C(O)c1cccc(C(=O)Nc2ncccc2Cl)c1. The molecule has 0 aliphatic carbocycles. The van der Waals surface area contributed by atoms with Gasteiger partial charge >= 0.3 is 5.97 Å². The Labute approximate surface area is 113 Å². The predicted octanol–water partition coefficient (Wildman–Crippen LogP) is 2.69. The summed E-state index contributed by atoms with van der Waals surface area (Å²) in [6.45, 7) is 0. The summed E-state index contributed by atoms with van der Waals surface area (Å²) in [4.78, 5) is 26.7. The van der Waals surface area contributed by atoms with Crippen LogP contribution in [-0.4, -0.2) is 22.0 Å². The van der Waals surface area contributed by atoms with Crippen LogP contribution in [0.15, 0.2) is 42.6 Å². The highest BCUT2D eigenvalue weighted by Crippen LogP contribution is 2.18. The standard InChI is InChI=1S/C13H9ClN2O3/c14-10-5-2-6-15-11(10)16-12(17)8-3-1-4-9(7-8)13(18)19/h1-7H,(H,18,19)(H,15,16,17). The first-order valence-electron chi connectivity index (χ1n) is 5.33. The summed E-state index contributed by atoms with van der Waals surface area (Å²) in [7, 11) is 0. The van der Waals surface area contributed by atoms with E-state index < -0.39 is 11.9 Å². The molecule has 2 N–H and O–H groups in total. The van der Waals surface area contributed by atoms with Crippen LogP contribution in [-0.2, 0) is 0 Å². The number of carbonyl (C=O) groups excluding carboxylic acids is 1. The van der Waals surface area contributed by atoms with E-state index in [-0.39, 0.29) is 16.9 Å². The van der Waals surface area contributed by atoms with Gasteiger partial charge in [0.05, 0.1) is 10.6 Å². The van der Waals surface area contributed by atoms with Crippen LogP contribution < -0.4 is 5.32 Å². The topological polar surface area (TPSA) is 79.3 Å². The van der Waals surface area contributed by atoms with E-state index in [0.29, 0.717) is 5.02 Å². The third-order valence-electron chi connectivity index (χ3n) is 2.36. The van der Waals surface area contributed by atoms with Gasteiger partial charge in [0, 0.05) is 11.8 Å². The number of benzene rings is 1. The lowest BCUT2D eigenvalue weighted by Gasteiger charge is -2.06.